The van der Waals surface area contributed by atoms with Crippen LogP contribution in [0.5, 0.6) is 0 Å². The van der Waals surface area contributed by atoms with Gasteiger partial charge in [0.15, 0.2) is 5.96 Å². The predicted molar refractivity (Wildman–Crippen MR) is 111 cm³/mol. The molecule has 2 unspecified atom stereocenters. The molecule has 0 amide bonds. The van der Waals surface area contributed by atoms with E-state index in [9.17, 15) is 0 Å². The Labute approximate surface area is 162 Å². The van der Waals surface area contributed by atoms with E-state index in [0.29, 0.717) is 11.3 Å². The average molecular weight is 377 g/mol. The Morgan fingerprint density at radius 3 is 2.73 bits per heavy atom. The maximum absolute atomic E-state index is 5.56. The molecule has 26 heavy (non-hydrogen) atoms. The Balaban J connectivity index is 1.66. The van der Waals surface area contributed by atoms with Gasteiger partial charge >= 0.3 is 0 Å². The van der Waals surface area contributed by atoms with Crippen LogP contribution >= 0.6 is 11.8 Å². The largest absolute Gasteiger partial charge is 0.379 e. The molecule has 0 aliphatic carbocycles. The highest BCUT2D eigenvalue weighted by Crippen LogP contribution is 2.23. The molecule has 0 bridgehead atoms. The number of nitrogens with one attached hydrogen (secondary N) is 1. The van der Waals surface area contributed by atoms with Crippen LogP contribution in [0.3, 0.4) is 0 Å². The molecule has 0 saturated carbocycles. The summed E-state index contributed by atoms with van der Waals surface area (Å²) in [4.78, 5) is 9.52. The van der Waals surface area contributed by atoms with E-state index in [1.807, 2.05) is 7.05 Å². The number of benzene rings is 1. The fourth-order valence-corrected chi connectivity index (χ4v) is 4.88. The van der Waals surface area contributed by atoms with Crippen molar-refractivity contribution in [1.82, 2.24) is 15.1 Å². The minimum Gasteiger partial charge on any atom is -0.379 e. The smallest absolute Gasteiger partial charge is 0.193 e. The standard InChI is InChI=1S/C20H32N4OS/c1-3-18-16-24(11-14-26-18)20(21-2)22-15-19(17-7-5-4-6-8-17)23-9-12-25-13-10-23/h4-8,18-19H,3,9-16H2,1-2H3,(H,21,22). The van der Waals surface area contributed by atoms with Gasteiger partial charge in [0.2, 0.25) is 0 Å². The fraction of sp³-hybridized carbons (Fsp3) is 0.650. The number of ether oxygens (including phenoxy) is 1. The summed E-state index contributed by atoms with van der Waals surface area (Å²) >= 11 is 2.09. The van der Waals surface area contributed by atoms with E-state index in [1.54, 1.807) is 0 Å². The van der Waals surface area contributed by atoms with Gasteiger partial charge in [-0.3, -0.25) is 9.89 Å². The summed E-state index contributed by atoms with van der Waals surface area (Å²) in [6.45, 7) is 8.93. The third kappa shape index (κ3) is 5.15. The molecule has 2 fully saturated rings. The van der Waals surface area contributed by atoms with E-state index in [1.165, 1.54) is 17.7 Å². The zero-order chi connectivity index (χ0) is 18.2. The first-order valence-corrected chi connectivity index (χ1v) is 10.8. The van der Waals surface area contributed by atoms with Gasteiger partial charge in [0, 0.05) is 50.8 Å². The van der Waals surface area contributed by atoms with Crippen LogP contribution in [0.25, 0.3) is 0 Å². The third-order valence-electron chi connectivity index (χ3n) is 5.23. The van der Waals surface area contributed by atoms with Crippen LogP contribution in [0.2, 0.25) is 0 Å². The molecule has 3 rings (SSSR count). The van der Waals surface area contributed by atoms with Crippen molar-refractivity contribution in [2.75, 3.05) is 58.7 Å². The lowest BCUT2D eigenvalue weighted by Gasteiger charge is -2.37. The molecule has 1 N–H and O–H groups in total. The lowest BCUT2D eigenvalue weighted by molar-refractivity contribution is 0.0169. The van der Waals surface area contributed by atoms with E-state index in [-0.39, 0.29) is 0 Å². The van der Waals surface area contributed by atoms with Crippen molar-refractivity contribution in [3.8, 4) is 0 Å². The summed E-state index contributed by atoms with van der Waals surface area (Å²) in [7, 11) is 1.90. The van der Waals surface area contributed by atoms with Crippen molar-refractivity contribution in [3.63, 3.8) is 0 Å². The van der Waals surface area contributed by atoms with Gasteiger partial charge in [-0.2, -0.15) is 11.8 Å². The zero-order valence-corrected chi connectivity index (χ0v) is 16.9. The molecule has 0 radical (unpaired) electrons. The molecular weight excluding hydrogens is 344 g/mol. The Morgan fingerprint density at radius 1 is 1.27 bits per heavy atom. The number of hydrogen-bond donors (Lipinski definition) is 1. The Morgan fingerprint density at radius 2 is 2.04 bits per heavy atom. The highest BCUT2D eigenvalue weighted by atomic mass is 32.2. The minimum atomic E-state index is 0.345. The first-order chi connectivity index (χ1) is 12.8. The number of nitrogens with zero attached hydrogens (tertiary/aromatic N) is 3. The van der Waals surface area contributed by atoms with Crippen molar-refractivity contribution >= 4 is 17.7 Å². The molecule has 5 nitrogen and oxygen atoms in total. The number of rotatable bonds is 5. The van der Waals surface area contributed by atoms with Crippen molar-refractivity contribution in [2.45, 2.75) is 24.6 Å². The lowest BCUT2D eigenvalue weighted by Crippen LogP contribution is -2.50. The van der Waals surface area contributed by atoms with E-state index in [0.717, 1.165) is 51.9 Å². The number of thioether (sulfide) groups is 1. The maximum Gasteiger partial charge on any atom is 0.193 e. The van der Waals surface area contributed by atoms with Crippen LogP contribution in [-0.2, 0) is 4.74 Å². The highest BCUT2D eigenvalue weighted by molar-refractivity contribution is 8.00. The summed E-state index contributed by atoms with van der Waals surface area (Å²) < 4.78 is 5.56. The van der Waals surface area contributed by atoms with Gasteiger partial charge in [0.1, 0.15) is 0 Å². The Bertz CT molecular complexity index is 562. The molecule has 2 aliphatic rings. The molecule has 2 heterocycles. The first-order valence-electron chi connectivity index (χ1n) is 9.75. The van der Waals surface area contributed by atoms with Crippen molar-refractivity contribution in [3.05, 3.63) is 35.9 Å². The molecule has 2 aliphatic heterocycles. The van der Waals surface area contributed by atoms with E-state index >= 15 is 0 Å². The minimum absolute atomic E-state index is 0.345. The van der Waals surface area contributed by atoms with Crippen LogP contribution in [0.4, 0.5) is 0 Å². The van der Waals surface area contributed by atoms with Crippen molar-refractivity contribution in [1.29, 1.82) is 0 Å². The van der Waals surface area contributed by atoms with E-state index in [4.69, 9.17) is 4.74 Å². The van der Waals surface area contributed by atoms with Crippen LogP contribution in [0, 0.1) is 0 Å². The molecule has 1 aromatic carbocycles. The summed E-state index contributed by atoms with van der Waals surface area (Å²) in [5.41, 5.74) is 1.36. The molecule has 0 aromatic heterocycles. The zero-order valence-electron chi connectivity index (χ0n) is 16.1. The molecule has 2 atom stereocenters. The molecule has 6 heteroatoms. The third-order valence-corrected chi connectivity index (χ3v) is 6.60. The van der Waals surface area contributed by atoms with Crippen LogP contribution < -0.4 is 5.32 Å². The maximum atomic E-state index is 5.56. The van der Waals surface area contributed by atoms with Crippen molar-refractivity contribution < 1.29 is 4.74 Å². The average Bonchev–Trinajstić information content (AvgIpc) is 2.72. The second-order valence-electron chi connectivity index (χ2n) is 6.85. The molecule has 144 valence electrons. The fourth-order valence-electron chi connectivity index (χ4n) is 3.70. The lowest BCUT2D eigenvalue weighted by atomic mass is 10.0. The summed E-state index contributed by atoms with van der Waals surface area (Å²) in [5.74, 6) is 2.23. The van der Waals surface area contributed by atoms with E-state index in [2.05, 4.69) is 69.1 Å². The van der Waals surface area contributed by atoms with Gasteiger partial charge in [0.05, 0.1) is 19.3 Å². The van der Waals surface area contributed by atoms with Crippen molar-refractivity contribution in [2.24, 2.45) is 4.99 Å². The highest BCUT2D eigenvalue weighted by Gasteiger charge is 2.25. The number of aliphatic imine (C=N–C) groups is 1. The van der Waals surface area contributed by atoms with Crippen LogP contribution in [0.15, 0.2) is 35.3 Å². The number of guanidine groups is 1. The molecular formula is C20H32N4OS. The first kappa shape index (κ1) is 19.5. The second-order valence-corrected chi connectivity index (χ2v) is 8.26. The number of hydrogen-bond acceptors (Lipinski definition) is 4. The molecule has 0 spiro atoms. The summed E-state index contributed by atoms with van der Waals surface area (Å²) in [5, 5.41) is 4.38. The van der Waals surface area contributed by atoms with Gasteiger partial charge in [-0.05, 0) is 12.0 Å². The van der Waals surface area contributed by atoms with Crippen LogP contribution in [0.1, 0.15) is 24.9 Å². The molecule has 1 aromatic rings. The monoisotopic (exact) mass is 376 g/mol. The quantitative estimate of drug-likeness (QED) is 0.631. The van der Waals surface area contributed by atoms with Crippen LogP contribution in [-0.4, -0.2) is 79.7 Å². The Hall–Kier alpha value is -1.24. The Kier molecular flexibility index (Phi) is 7.65. The van der Waals surface area contributed by atoms with Gasteiger partial charge in [-0.15, -0.1) is 0 Å². The van der Waals surface area contributed by atoms with Gasteiger partial charge in [0.25, 0.3) is 0 Å². The number of morpholine rings is 1. The van der Waals surface area contributed by atoms with Gasteiger partial charge in [-0.1, -0.05) is 37.3 Å². The van der Waals surface area contributed by atoms with Gasteiger partial charge < -0.3 is 15.0 Å². The second kappa shape index (κ2) is 10.2. The molecule has 2 saturated heterocycles. The summed E-state index contributed by atoms with van der Waals surface area (Å²) in [6.07, 6.45) is 1.22. The SMILES string of the molecule is CCC1CN(C(=NC)NCC(c2ccccc2)N2CCOCC2)CCS1. The summed E-state index contributed by atoms with van der Waals surface area (Å²) in [6, 6.07) is 11.2. The predicted octanol–water partition coefficient (Wildman–Crippen LogP) is 2.46. The van der Waals surface area contributed by atoms with Gasteiger partial charge in [-0.25, -0.2) is 0 Å². The normalized spacial score (nSPS) is 23.7. The topological polar surface area (TPSA) is 40.1 Å². The van der Waals surface area contributed by atoms with E-state index < -0.39 is 0 Å².